The Kier molecular flexibility index (Phi) is 3.80. The average Bonchev–Trinajstić information content (AvgIpc) is 2.44. The molecule has 0 aromatic heterocycles. The molecule has 2 aliphatic rings. The highest BCUT2D eigenvalue weighted by molar-refractivity contribution is 6.32. The summed E-state index contributed by atoms with van der Waals surface area (Å²) in [6, 6.07) is 0. The number of ether oxygens (including phenoxy) is 3. The quantitative estimate of drug-likeness (QED) is 0.698. The fourth-order valence-electron chi connectivity index (χ4n) is 2.11. The van der Waals surface area contributed by atoms with Gasteiger partial charge in [-0.25, -0.2) is 9.79 Å². The molecule has 7 heteroatoms. The minimum Gasteiger partial charge on any atom is -0.496 e. The van der Waals surface area contributed by atoms with Crippen molar-refractivity contribution in [2.24, 2.45) is 9.98 Å². The van der Waals surface area contributed by atoms with Crippen LogP contribution >= 0.6 is 0 Å². The van der Waals surface area contributed by atoms with Gasteiger partial charge in [-0.1, -0.05) is 0 Å². The van der Waals surface area contributed by atoms with E-state index in [1.54, 1.807) is 6.92 Å². The van der Waals surface area contributed by atoms with Gasteiger partial charge in [0.15, 0.2) is 0 Å². The molecule has 0 fully saturated rings. The van der Waals surface area contributed by atoms with E-state index >= 15 is 0 Å². The zero-order valence-corrected chi connectivity index (χ0v) is 11.6. The fraction of sp³-hybridized carbons (Fsp3) is 0.385. The van der Waals surface area contributed by atoms with E-state index in [0.717, 1.165) is 0 Å². The lowest BCUT2D eigenvalue weighted by molar-refractivity contribution is -0.137. The molecular formula is C13H14N2O5. The summed E-state index contributed by atoms with van der Waals surface area (Å²) in [7, 11) is 4.09. The molecule has 0 aromatic carbocycles. The molecule has 1 amide bonds. The number of allylic oxidation sites excluding steroid dienone is 1. The van der Waals surface area contributed by atoms with Gasteiger partial charge in [-0.2, -0.15) is 4.99 Å². The Morgan fingerprint density at radius 3 is 2.50 bits per heavy atom. The van der Waals surface area contributed by atoms with Gasteiger partial charge in [0.05, 0.1) is 25.5 Å². The van der Waals surface area contributed by atoms with Crippen molar-refractivity contribution < 1.29 is 23.8 Å². The second-order valence-electron chi connectivity index (χ2n) is 4.11. The third-order valence-electron chi connectivity index (χ3n) is 2.96. The Hall–Kier alpha value is -2.28. The van der Waals surface area contributed by atoms with Crippen LogP contribution in [0.15, 0.2) is 33.0 Å². The number of rotatable bonds is 3. The minimum atomic E-state index is -0.786. The van der Waals surface area contributed by atoms with Crippen molar-refractivity contribution in [3.63, 3.8) is 0 Å². The number of hydrogen-bond donors (Lipinski definition) is 0. The molecule has 2 rings (SSSR count). The third kappa shape index (κ3) is 2.16. The predicted octanol–water partition coefficient (Wildman–Crippen LogP) is 0.414. The van der Waals surface area contributed by atoms with Crippen LogP contribution < -0.4 is 0 Å². The maximum atomic E-state index is 12.0. The van der Waals surface area contributed by atoms with Gasteiger partial charge in [0.1, 0.15) is 23.3 Å². The zero-order valence-electron chi connectivity index (χ0n) is 11.6. The summed E-state index contributed by atoms with van der Waals surface area (Å²) in [6.07, 6.45) is 0.633. The first-order chi connectivity index (χ1) is 9.53. The average molecular weight is 278 g/mol. The Balaban J connectivity index is 2.64. The van der Waals surface area contributed by atoms with E-state index in [-0.39, 0.29) is 16.9 Å². The van der Waals surface area contributed by atoms with Crippen molar-refractivity contribution in [1.29, 1.82) is 0 Å². The first-order valence-electron chi connectivity index (χ1n) is 5.83. The van der Waals surface area contributed by atoms with Crippen molar-refractivity contribution in [2.75, 3.05) is 21.3 Å². The van der Waals surface area contributed by atoms with Crippen molar-refractivity contribution in [3.8, 4) is 0 Å². The minimum absolute atomic E-state index is 0.206. The van der Waals surface area contributed by atoms with Gasteiger partial charge in [-0.3, -0.25) is 4.79 Å². The molecule has 0 saturated carbocycles. The van der Waals surface area contributed by atoms with Crippen LogP contribution in [0.4, 0.5) is 0 Å². The maximum Gasteiger partial charge on any atom is 0.336 e. The number of nitrogens with zero attached hydrogens (tertiary/aromatic N) is 2. The van der Waals surface area contributed by atoms with E-state index in [0.29, 0.717) is 11.5 Å². The van der Waals surface area contributed by atoms with Crippen LogP contribution in [-0.2, 0) is 23.8 Å². The normalized spacial score (nSPS) is 21.7. The summed E-state index contributed by atoms with van der Waals surface area (Å²) < 4.78 is 15.2. The van der Waals surface area contributed by atoms with E-state index in [1.165, 1.54) is 27.4 Å². The standard InChI is InChI=1S/C13H14N2O5/c1-6-14-10-9(12(16)15-6)8(18-2)5-7(11(10)19-3)13(17)20-4/h5,11H,1-4H3. The molecule has 0 N–H and O–H groups in total. The Bertz CT molecular complexity index is 598. The van der Waals surface area contributed by atoms with Crippen molar-refractivity contribution >= 4 is 23.4 Å². The van der Waals surface area contributed by atoms with Crippen LogP contribution in [0.2, 0.25) is 0 Å². The molecule has 0 radical (unpaired) electrons. The highest BCUT2D eigenvalue weighted by atomic mass is 16.5. The topological polar surface area (TPSA) is 86.6 Å². The number of methoxy groups -OCH3 is 3. The number of carbonyl (C=O) groups is 2. The molecule has 1 unspecified atom stereocenters. The van der Waals surface area contributed by atoms with Crippen molar-refractivity contribution in [3.05, 3.63) is 23.0 Å². The number of amidine groups is 1. The molecule has 0 bridgehead atoms. The Labute approximate surface area is 115 Å². The SMILES string of the molecule is COC(=O)C1=CC(OC)=C2C(=O)N=C(C)N=C2C1OC. The fourth-order valence-corrected chi connectivity index (χ4v) is 2.11. The molecule has 1 atom stereocenters. The number of hydrogen-bond acceptors (Lipinski definition) is 6. The molecule has 0 aromatic rings. The van der Waals surface area contributed by atoms with Crippen molar-refractivity contribution in [2.45, 2.75) is 13.0 Å². The van der Waals surface area contributed by atoms with E-state index < -0.39 is 18.0 Å². The summed E-state index contributed by atoms with van der Waals surface area (Å²) in [6.45, 7) is 1.59. The molecule has 20 heavy (non-hydrogen) atoms. The second-order valence-corrected chi connectivity index (χ2v) is 4.11. The van der Waals surface area contributed by atoms with Gasteiger partial charge in [0.25, 0.3) is 5.91 Å². The number of amides is 1. The summed E-state index contributed by atoms with van der Waals surface area (Å²) in [5.41, 5.74) is 0.735. The largest absolute Gasteiger partial charge is 0.496 e. The van der Waals surface area contributed by atoms with Crippen LogP contribution in [0.1, 0.15) is 6.92 Å². The van der Waals surface area contributed by atoms with E-state index in [2.05, 4.69) is 9.98 Å². The van der Waals surface area contributed by atoms with Gasteiger partial charge in [0, 0.05) is 7.11 Å². The van der Waals surface area contributed by atoms with E-state index in [4.69, 9.17) is 14.2 Å². The van der Waals surface area contributed by atoms with Gasteiger partial charge >= 0.3 is 5.97 Å². The lowest BCUT2D eigenvalue weighted by Gasteiger charge is -2.27. The molecule has 1 aliphatic heterocycles. The maximum absolute atomic E-state index is 12.0. The molecule has 7 nitrogen and oxygen atoms in total. The van der Waals surface area contributed by atoms with Gasteiger partial charge < -0.3 is 14.2 Å². The molecule has 106 valence electrons. The highest BCUT2D eigenvalue weighted by Gasteiger charge is 2.39. The van der Waals surface area contributed by atoms with Gasteiger partial charge in [0.2, 0.25) is 0 Å². The second kappa shape index (κ2) is 5.38. The van der Waals surface area contributed by atoms with Crippen LogP contribution in [-0.4, -0.2) is 50.9 Å². The number of fused-ring (bicyclic) bond motifs is 1. The van der Waals surface area contributed by atoms with Crippen LogP contribution in [0, 0.1) is 0 Å². The summed E-state index contributed by atoms with van der Waals surface area (Å²) in [4.78, 5) is 31.8. The summed E-state index contributed by atoms with van der Waals surface area (Å²) in [5.74, 6) is -0.511. The lowest BCUT2D eigenvalue weighted by Crippen LogP contribution is -2.38. The summed E-state index contributed by atoms with van der Waals surface area (Å²) >= 11 is 0. The van der Waals surface area contributed by atoms with Crippen LogP contribution in [0.5, 0.6) is 0 Å². The number of carbonyl (C=O) groups excluding carboxylic acids is 2. The summed E-state index contributed by atoms with van der Waals surface area (Å²) in [5, 5.41) is 0. The zero-order chi connectivity index (χ0) is 14.9. The van der Waals surface area contributed by atoms with Gasteiger partial charge in [-0.15, -0.1) is 0 Å². The Morgan fingerprint density at radius 1 is 1.25 bits per heavy atom. The molecule has 0 spiro atoms. The van der Waals surface area contributed by atoms with Gasteiger partial charge in [-0.05, 0) is 13.0 Å². The Morgan fingerprint density at radius 2 is 1.95 bits per heavy atom. The first kappa shape index (κ1) is 14.1. The predicted molar refractivity (Wildman–Crippen MR) is 70.5 cm³/mol. The van der Waals surface area contributed by atoms with E-state index in [1.807, 2.05) is 0 Å². The monoisotopic (exact) mass is 278 g/mol. The number of esters is 1. The molecular weight excluding hydrogens is 264 g/mol. The van der Waals surface area contributed by atoms with Crippen LogP contribution in [0.3, 0.4) is 0 Å². The number of aliphatic imine (C=N–C) groups is 2. The first-order valence-corrected chi connectivity index (χ1v) is 5.83. The highest BCUT2D eigenvalue weighted by Crippen LogP contribution is 2.28. The van der Waals surface area contributed by atoms with Crippen molar-refractivity contribution in [1.82, 2.24) is 0 Å². The lowest BCUT2D eigenvalue weighted by atomic mass is 9.90. The molecule has 0 saturated heterocycles. The molecule has 1 heterocycles. The smallest absolute Gasteiger partial charge is 0.336 e. The van der Waals surface area contributed by atoms with Crippen LogP contribution in [0.25, 0.3) is 0 Å². The third-order valence-corrected chi connectivity index (χ3v) is 2.96. The van der Waals surface area contributed by atoms with E-state index in [9.17, 15) is 9.59 Å². The molecule has 1 aliphatic carbocycles.